The lowest BCUT2D eigenvalue weighted by atomic mass is 9.93. The first-order chi connectivity index (χ1) is 8.54. The molecule has 3 nitrogen and oxygen atoms in total. The van der Waals surface area contributed by atoms with Gasteiger partial charge < -0.3 is 10.2 Å². The fraction of sp³-hybridized carbons (Fsp3) is 0.267. The van der Waals surface area contributed by atoms with Crippen LogP contribution in [0.2, 0.25) is 0 Å². The van der Waals surface area contributed by atoms with Gasteiger partial charge in [0.25, 0.3) is 0 Å². The molecule has 0 bridgehead atoms. The average Bonchev–Trinajstić information content (AvgIpc) is 2.33. The minimum atomic E-state index is -0.0791. The minimum absolute atomic E-state index is 0.0591. The van der Waals surface area contributed by atoms with Crippen LogP contribution in [-0.2, 0) is 0 Å². The van der Waals surface area contributed by atoms with Crippen molar-refractivity contribution < 1.29 is 4.79 Å². The van der Waals surface area contributed by atoms with E-state index >= 15 is 0 Å². The fourth-order valence-electron chi connectivity index (χ4n) is 2.36. The topological polar surface area (TPSA) is 32.3 Å². The van der Waals surface area contributed by atoms with Gasteiger partial charge in [-0.2, -0.15) is 0 Å². The highest BCUT2D eigenvalue weighted by Gasteiger charge is 2.30. The summed E-state index contributed by atoms with van der Waals surface area (Å²) in [6.07, 6.45) is 1.82. The molecule has 1 N–H and O–H groups in total. The molecule has 0 spiro atoms. The largest absolute Gasteiger partial charge is 0.322 e. The molecule has 1 unspecified atom stereocenters. The zero-order valence-corrected chi connectivity index (χ0v) is 11.0. The summed E-state index contributed by atoms with van der Waals surface area (Å²) in [6.45, 7) is 7.82. The molecule has 1 aromatic rings. The zero-order chi connectivity index (χ0) is 13.3. The van der Waals surface area contributed by atoms with E-state index in [4.69, 9.17) is 0 Å². The number of hydrogen-bond acceptors (Lipinski definition) is 1. The second kappa shape index (κ2) is 4.69. The number of urea groups is 1. The number of nitrogens with one attached hydrogen (secondary N) is 1. The maximum atomic E-state index is 11.9. The number of amides is 2. The summed E-state index contributed by atoms with van der Waals surface area (Å²) < 4.78 is 0. The standard InChI is InChI=1S/C15H18N2O/c1-5-13-11(3)16-15(18)17(4)14(13)12-8-6-7-10(2)9-12/h5-9,14H,1H2,2-4H3,(H,16,18). The Morgan fingerprint density at radius 2 is 2.11 bits per heavy atom. The lowest BCUT2D eigenvalue weighted by molar-refractivity contribution is 0.195. The van der Waals surface area contributed by atoms with Crippen molar-refractivity contribution in [1.82, 2.24) is 10.2 Å². The van der Waals surface area contributed by atoms with Gasteiger partial charge in [0.05, 0.1) is 6.04 Å². The SMILES string of the molecule is C=CC1=C(C)NC(=O)N(C)C1c1cccc(C)c1. The Labute approximate surface area is 108 Å². The van der Waals surface area contributed by atoms with Gasteiger partial charge in [-0.25, -0.2) is 4.79 Å². The average molecular weight is 242 g/mol. The monoisotopic (exact) mass is 242 g/mol. The van der Waals surface area contributed by atoms with E-state index in [0.717, 1.165) is 16.8 Å². The van der Waals surface area contributed by atoms with Crippen LogP contribution in [0.4, 0.5) is 4.79 Å². The first kappa shape index (κ1) is 12.4. The van der Waals surface area contributed by atoms with Crippen LogP contribution in [0, 0.1) is 6.92 Å². The molecule has 1 heterocycles. The maximum absolute atomic E-state index is 11.9. The van der Waals surface area contributed by atoms with E-state index in [1.54, 1.807) is 11.9 Å². The molecular weight excluding hydrogens is 224 g/mol. The predicted molar refractivity (Wildman–Crippen MR) is 73.1 cm³/mol. The normalized spacial score (nSPS) is 19.8. The van der Waals surface area contributed by atoms with Crippen molar-refractivity contribution in [2.24, 2.45) is 0 Å². The van der Waals surface area contributed by atoms with Gasteiger partial charge in [-0.05, 0) is 25.0 Å². The van der Waals surface area contributed by atoms with E-state index in [9.17, 15) is 4.79 Å². The lowest BCUT2D eigenvalue weighted by Crippen LogP contribution is -2.44. The van der Waals surface area contributed by atoms with Gasteiger partial charge >= 0.3 is 6.03 Å². The molecular formula is C15H18N2O. The van der Waals surface area contributed by atoms with Crippen molar-refractivity contribution in [2.75, 3.05) is 7.05 Å². The number of nitrogens with zero attached hydrogens (tertiary/aromatic N) is 1. The molecule has 1 aromatic carbocycles. The lowest BCUT2D eigenvalue weighted by Gasteiger charge is -2.35. The number of carbonyl (C=O) groups excluding carboxylic acids is 1. The molecule has 0 saturated heterocycles. The van der Waals surface area contributed by atoms with Gasteiger partial charge in [0.15, 0.2) is 0 Å². The van der Waals surface area contributed by atoms with Crippen molar-refractivity contribution in [3.63, 3.8) is 0 Å². The minimum Gasteiger partial charge on any atom is -0.316 e. The van der Waals surface area contributed by atoms with Crippen molar-refractivity contribution in [3.8, 4) is 0 Å². The zero-order valence-electron chi connectivity index (χ0n) is 11.0. The Morgan fingerprint density at radius 3 is 2.72 bits per heavy atom. The predicted octanol–water partition coefficient (Wildman–Crippen LogP) is 3.15. The highest BCUT2D eigenvalue weighted by molar-refractivity contribution is 5.79. The molecule has 1 aliphatic heterocycles. The number of benzene rings is 1. The van der Waals surface area contributed by atoms with Gasteiger partial charge in [0, 0.05) is 12.7 Å². The third-order valence-electron chi connectivity index (χ3n) is 3.31. The number of hydrogen-bond donors (Lipinski definition) is 1. The molecule has 0 fully saturated rings. The van der Waals surface area contributed by atoms with Crippen LogP contribution in [0.25, 0.3) is 0 Å². The Balaban J connectivity index is 2.54. The van der Waals surface area contributed by atoms with Crippen molar-refractivity contribution in [3.05, 3.63) is 59.3 Å². The summed E-state index contributed by atoms with van der Waals surface area (Å²) in [5.74, 6) is 0. The maximum Gasteiger partial charge on any atom is 0.322 e. The quantitative estimate of drug-likeness (QED) is 0.849. The molecule has 3 heteroatoms. The Morgan fingerprint density at radius 1 is 1.39 bits per heavy atom. The molecule has 1 atom stereocenters. The van der Waals surface area contributed by atoms with Crippen LogP contribution in [-0.4, -0.2) is 18.0 Å². The van der Waals surface area contributed by atoms with Crippen LogP contribution in [0.1, 0.15) is 24.1 Å². The molecule has 2 amide bonds. The first-order valence-corrected chi connectivity index (χ1v) is 5.98. The van der Waals surface area contributed by atoms with Gasteiger partial charge in [-0.3, -0.25) is 0 Å². The van der Waals surface area contributed by atoms with Crippen LogP contribution in [0.5, 0.6) is 0 Å². The number of carbonyl (C=O) groups is 1. The summed E-state index contributed by atoms with van der Waals surface area (Å²) in [5, 5.41) is 2.84. The van der Waals surface area contributed by atoms with Crippen LogP contribution in [0.15, 0.2) is 48.2 Å². The molecule has 2 rings (SSSR count). The number of likely N-dealkylation sites (N-methyl/N-ethyl adjacent to an activating group) is 1. The summed E-state index contributed by atoms with van der Waals surface area (Å²) in [5.41, 5.74) is 4.22. The molecule has 0 saturated carbocycles. The number of rotatable bonds is 2. The van der Waals surface area contributed by atoms with Gasteiger partial charge in [0.2, 0.25) is 0 Å². The van der Waals surface area contributed by atoms with E-state index in [0.29, 0.717) is 0 Å². The summed E-state index contributed by atoms with van der Waals surface area (Å²) in [6, 6.07) is 8.08. The van der Waals surface area contributed by atoms with E-state index < -0.39 is 0 Å². The van der Waals surface area contributed by atoms with Crippen molar-refractivity contribution in [2.45, 2.75) is 19.9 Å². The molecule has 1 aliphatic rings. The smallest absolute Gasteiger partial charge is 0.316 e. The van der Waals surface area contributed by atoms with Crippen LogP contribution >= 0.6 is 0 Å². The molecule has 94 valence electrons. The Hall–Kier alpha value is -2.03. The Kier molecular flexibility index (Phi) is 3.24. The van der Waals surface area contributed by atoms with Gasteiger partial charge in [-0.1, -0.05) is 42.5 Å². The highest BCUT2D eigenvalue weighted by Crippen LogP contribution is 2.32. The van der Waals surface area contributed by atoms with Crippen molar-refractivity contribution >= 4 is 6.03 Å². The Bertz CT molecular complexity index is 531. The van der Waals surface area contributed by atoms with Gasteiger partial charge in [0.1, 0.15) is 0 Å². The fourth-order valence-corrected chi connectivity index (χ4v) is 2.36. The summed E-state index contributed by atoms with van der Waals surface area (Å²) >= 11 is 0. The second-order valence-corrected chi connectivity index (χ2v) is 4.64. The summed E-state index contributed by atoms with van der Waals surface area (Å²) in [7, 11) is 1.80. The first-order valence-electron chi connectivity index (χ1n) is 5.98. The molecule has 0 aliphatic carbocycles. The molecule has 0 radical (unpaired) electrons. The van der Waals surface area contributed by atoms with E-state index in [2.05, 4.69) is 31.0 Å². The molecule has 0 aromatic heterocycles. The van der Waals surface area contributed by atoms with Crippen molar-refractivity contribution in [1.29, 1.82) is 0 Å². The highest BCUT2D eigenvalue weighted by atomic mass is 16.2. The number of aryl methyl sites for hydroxylation is 1. The van der Waals surface area contributed by atoms with Gasteiger partial charge in [-0.15, -0.1) is 0 Å². The van der Waals surface area contributed by atoms with Crippen LogP contribution in [0.3, 0.4) is 0 Å². The third-order valence-corrected chi connectivity index (χ3v) is 3.31. The van der Waals surface area contributed by atoms with Crippen LogP contribution < -0.4 is 5.32 Å². The summed E-state index contributed by atoms with van der Waals surface area (Å²) in [4.78, 5) is 13.6. The van der Waals surface area contributed by atoms with E-state index in [-0.39, 0.29) is 12.1 Å². The molecule has 18 heavy (non-hydrogen) atoms. The second-order valence-electron chi connectivity index (χ2n) is 4.64. The van der Waals surface area contributed by atoms with E-state index in [1.807, 2.05) is 25.1 Å². The van der Waals surface area contributed by atoms with E-state index in [1.165, 1.54) is 5.56 Å². The third kappa shape index (κ3) is 2.04. The number of allylic oxidation sites excluding steroid dienone is 1.